The number of aryl methyl sites for hydroxylation is 1. The third-order valence-corrected chi connectivity index (χ3v) is 3.19. The topological polar surface area (TPSA) is 26.3 Å². The molecule has 0 aromatic heterocycles. The first-order valence-corrected chi connectivity index (χ1v) is 6.60. The van der Waals surface area contributed by atoms with Crippen molar-refractivity contribution in [3.05, 3.63) is 71.3 Å². The summed E-state index contributed by atoms with van der Waals surface area (Å²) in [5.74, 6) is 0.872. The Balaban J connectivity index is 2.10. The van der Waals surface area contributed by atoms with Gasteiger partial charge in [0.15, 0.2) is 0 Å². The van der Waals surface area contributed by atoms with E-state index in [0.29, 0.717) is 6.61 Å². The lowest BCUT2D eigenvalue weighted by atomic mass is 10.0. The number of rotatable bonds is 5. The Labute approximate surface area is 119 Å². The Hall–Kier alpha value is -2.35. The number of hydrogen-bond donors (Lipinski definition) is 0. The molecule has 0 fully saturated rings. The van der Waals surface area contributed by atoms with Crippen molar-refractivity contribution in [3.63, 3.8) is 0 Å². The summed E-state index contributed by atoms with van der Waals surface area (Å²) in [7, 11) is 0. The lowest BCUT2D eigenvalue weighted by Crippen LogP contribution is -1.97. The van der Waals surface area contributed by atoms with Gasteiger partial charge < -0.3 is 4.74 Å². The van der Waals surface area contributed by atoms with Crippen molar-refractivity contribution in [2.24, 2.45) is 0 Å². The van der Waals surface area contributed by atoms with Gasteiger partial charge >= 0.3 is 0 Å². The molecule has 0 amide bonds. The zero-order valence-corrected chi connectivity index (χ0v) is 11.8. The molecule has 20 heavy (non-hydrogen) atoms. The predicted octanol–water partition coefficient (Wildman–Crippen LogP) is 4.18. The Morgan fingerprint density at radius 3 is 2.55 bits per heavy atom. The van der Waals surface area contributed by atoms with Crippen molar-refractivity contribution in [1.82, 2.24) is 0 Å². The first-order chi connectivity index (χ1) is 9.70. The van der Waals surface area contributed by atoms with Crippen molar-refractivity contribution < 1.29 is 9.53 Å². The smallest absolute Gasteiger partial charge is 0.143 e. The maximum atomic E-state index is 10.5. The van der Waals surface area contributed by atoms with Crippen LogP contribution < -0.4 is 4.74 Å². The minimum Gasteiger partial charge on any atom is -0.489 e. The van der Waals surface area contributed by atoms with Crippen LogP contribution in [0.4, 0.5) is 0 Å². The molecule has 2 aromatic carbocycles. The fourth-order valence-electron chi connectivity index (χ4n) is 1.99. The summed E-state index contributed by atoms with van der Waals surface area (Å²) >= 11 is 0. The summed E-state index contributed by atoms with van der Waals surface area (Å²) in [6, 6.07) is 16.0. The van der Waals surface area contributed by atoms with E-state index in [2.05, 4.69) is 0 Å². The zero-order valence-electron chi connectivity index (χ0n) is 11.8. The highest BCUT2D eigenvalue weighted by Gasteiger charge is 2.03. The van der Waals surface area contributed by atoms with E-state index in [0.717, 1.165) is 34.3 Å². The molecular formula is C18H18O2. The minimum absolute atomic E-state index is 0.560. The highest BCUT2D eigenvalue weighted by atomic mass is 16.5. The zero-order chi connectivity index (χ0) is 14.4. The summed E-state index contributed by atoms with van der Waals surface area (Å²) < 4.78 is 5.83. The molecule has 2 heteroatoms. The number of aldehydes is 1. The Morgan fingerprint density at radius 2 is 1.90 bits per heavy atom. The van der Waals surface area contributed by atoms with Crippen LogP contribution in [-0.2, 0) is 11.4 Å². The molecule has 0 N–H and O–H groups in total. The molecule has 0 bridgehead atoms. The van der Waals surface area contributed by atoms with Gasteiger partial charge in [0.05, 0.1) is 0 Å². The largest absolute Gasteiger partial charge is 0.489 e. The fraction of sp³-hybridized carbons (Fsp3) is 0.167. The molecule has 0 aliphatic heterocycles. The van der Waals surface area contributed by atoms with E-state index < -0.39 is 0 Å². The van der Waals surface area contributed by atoms with Crippen molar-refractivity contribution in [2.75, 3.05) is 0 Å². The summed E-state index contributed by atoms with van der Waals surface area (Å²) in [6.07, 6.45) is 2.38. The van der Waals surface area contributed by atoms with Crippen LogP contribution in [0.1, 0.15) is 23.6 Å². The molecule has 0 aliphatic rings. The molecule has 0 saturated heterocycles. The van der Waals surface area contributed by atoms with Gasteiger partial charge in [-0.05, 0) is 54.3 Å². The van der Waals surface area contributed by atoms with Crippen molar-refractivity contribution >= 4 is 11.9 Å². The van der Waals surface area contributed by atoms with Crippen molar-refractivity contribution in [2.45, 2.75) is 20.5 Å². The van der Waals surface area contributed by atoms with Gasteiger partial charge in [0.2, 0.25) is 0 Å². The first-order valence-electron chi connectivity index (χ1n) is 6.60. The van der Waals surface area contributed by atoms with Gasteiger partial charge in [-0.15, -0.1) is 0 Å². The van der Waals surface area contributed by atoms with E-state index in [1.54, 1.807) is 6.08 Å². The van der Waals surface area contributed by atoms with Gasteiger partial charge in [-0.1, -0.05) is 36.4 Å². The van der Waals surface area contributed by atoms with Crippen LogP contribution in [0.25, 0.3) is 5.57 Å². The predicted molar refractivity (Wildman–Crippen MR) is 81.7 cm³/mol. The molecule has 2 nitrogen and oxygen atoms in total. The highest BCUT2D eigenvalue weighted by Crippen LogP contribution is 2.23. The van der Waals surface area contributed by atoms with Crippen molar-refractivity contribution in [1.29, 1.82) is 0 Å². The average Bonchev–Trinajstić information content (AvgIpc) is 2.47. The van der Waals surface area contributed by atoms with Crippen LogP contribution in [0.2, 0.25) is 0 Å². The number of benzene rings is 2. The van der Waals surface area contributed by atoms with E-state index in [4.69, 9.17) is 4.74 Å². The molecule has 0 saturated carbocycles. The van der Waals surface area contributed by atoms with E-state index >= 15 is 0 Å². The van der Waals surface area contributed by atoms with Gasteiger partial charge in [0.25, 0.3) is 0 Å². The van der Waals surface area contributed by atoms with E-state index in [9.17, 15) is 4.79 Å². The van der Waals surface area contributed by atoms with Gasteiger partial charge in [0.1, 0.15) is 18.6 Å². The Morgan fingerprint density at radius 1 is 1.15 bits per heavy atom. The fourth-order valence-corrected chi connectivity index (χ4v) is 1.99. The second-order valence-corrected chi connectivity index (χ2v) is 4.74. The third-order valence-electron chi connectivity index (χ3n) is 3.19. The quantitative estimate of drug-likeness (QED) is 0.599. The third kappa shape index (κ3) is 3.58. The maximum absolute atomic E-state index is 10.5. The molecule has 102 valence electrons. The molecule has 0 atom stereocenters. The molecule has 0 aliphatic carbocycles. The van der Waals surface area contributed by atoms with Crippen LogP contribution in [0.3, 0.4) is 0 Å². The second kappa shape index (κ2) is 6.71. The first kappa shape index (κ1) is 14.1. The Bertz CT molecular complexity index is 613. The van der Waals surface area contributed by atoms with Gasteiger partial charge in [-0.25, -0.2) is 0 Å². The lowest BCUT2D eigenvalue weighted by molar-refractivity contribution is -0.104. The maximum Gasteiger partial charge on any atom is 0.143 e. The molecular weight excluding hydrogens is 248 g/mol. The summed E-state index contributed by atoms with van der Waals surface area (Å²) in [5.41, 5.74) is 4.21. The van der Waals surface area contributed by atoms with Crippen LogP contribution in [0.15, 0.2) is 54.6 Å². The molecule has 2 aromatic rings. The summed E-state index contributed by atoms with van der Waals surface area (Å²) in [5, 5.41) is 0. The minimum atomic E-state index is 0.560. The second-order valence-electron chi connectivity index (χ2n) is 4.74. The number of carbonyl (C=O) groups excluding carboxylic acids is 1. The number of hydrogen-bond acceptors (Lipinski definition) is 2. The monoisotopic (exact) mass is 266 g/mol. The van der Waals surface area contributed by atoms with E-state index in [1.165, 1.54) is 0 Å². The van der Waals surface area contributed by atoms with Crippen LogP contribution >= 0.6 is 0 Å². The molecule has 0 unspecified atom stereocenters. The summed E-state index contributed by atoms with van der Waals surface area (Å²) in [4.78, 5) is 10.5. The average molecular weight is 266 g/mol. The standard InChI is InChI=1S/C18H18O2/c1-14(10-11-19)17-8-9-18(15(2)12-17)20-13-16-6-4-3-5-7-16/h3-12H,13H2,1-2H3/b14-10-. The van der Waals surface area contributed by atoms with Gasteiger partial charge in [-0.2, -0.15) is 0 Å². The lowest BCUT2D eigenvalue weighted by Gasteiger charge is -2.11. The number of ether oxygens (including phenoxy) is 1. The van der Waals surface area contributed by atoms with Gasteiger partial charge in [-0.3, -0.25) is 4.79 Å². The normalized spacial score (nSPS) is 11.2. The molecule has 0 heterocycles. The molecule has 0 spiro atoms. The SMILES string of the molecule is C/C(=C/C=O)c1ccc(OCc2ccccc2)c(C)c1. The van der Waals surface area contributed by atoms with E-state index in [-0.39, 0.29) is 0 Å². The van der Waals surface area contributed by atoms with Gasteiger partial charge in [0, 0.05) is 0 Å². The highest BCUT2D eigenvalue weighted by molar-refractivity contribution is 5.80. The Kier molecular flexibility index (Phi) is 4.72. The summed E-state index contributed by atoms with van der Waals surface area (Å²) in [6.45, 7) is 4.50. The molecule has 0 radical (unpaired) electrons. The van der Waals surface area contributed by atoms with Crippen LogP contribution in [0, 0.1) is 6.92 Å². The number of allylic oxidation sites excluding steroid dienone is 2. The van der Waals surface area contributed by atoms with Crippen LogP contribution in [0.5, 0.6) is 5.75 Å². The number of carbonyl (C=O) groups is 1. The van der Waals surface area contributed by atoms with E-state index in [1.807, 2.05) is 62.4 Å². The van der Waals surface area contributed by atoms with Crippen molar-refractivity contribution in [3.8, 4) is 5.75 Å². The molecule has 2 rings (SSSR count). The van der Waals surface area contributed by atoms with Crippen LogP contribution in [-0.4, -0.2) is 6.29 Å².